The van der Waals surface area contributed by atoms with E-state index < -0.39 is 0 Å². The first-order valence-corrected chi connectivity index (χ1v) is 7.04. The molecule has 6 nitrogen and oxygen atoms in total. The van der Waals surface area contributed by atoms with E-state index in [1.165, 1.54) is 0 Å². The van der Waals surface area contributed by atoms with Crippen LogP contribution in [0.1, 0.15) is 19.7 Å². The molecule has 0 atom stereocenters. The third-order valence-electron chi connectivity index (χ3n) is 2.54. The van der Waals surface area contributed by atoms with Crippen molar-refractivity contribution in [2.45, 2.75) is 26.4 Å². The van der Waals surface area contributed by atoms with Crippen LogP contribution in [0, 0.1) is 0 Å². The molecule has 1 heterocycles. The molecule has 0 aliphatic rings. The van der Waals surface area contributed by atoms with Gasteiger partial charge in [-0.2, -0.15) is 0 Å². The minimum absolute atomic E-state index is 0.347. The highest BCUT2D eigenvalue weighted by Gasteiger charge is 2.09. The van der Waals surface area contributed by atoms with Crippen molar-refractivity contribution in [3.05, 3.63) is 28.6 Å². The first-order chi connectivity index (χ1) is 9.58. The van der Waals surface area contributed by atoms with Gasteiger partial charge >= 0.3 is 6.01 Å². The van der Waals surface area contributed by atoms with E-state index in [9.17, 15) is 0 Å². The van der Waals surface area contributed by atoms with E-state index in [2.05, 4.69) is 50.6 Å². The number of ether oxygens (including phenoxy) is 1. The van der Waals surface area contributed by atoms with Gasteiger partial charge in [-0.05, 0) is 28.1 Å². The lowest BCUT2D eigenvalue weighted by Gasteiger charge is -2.07. The third-order valence-corrected chi connectivity index (χ3v) is 3.24. The zero-order valence-corrected chi connectivity index (χ0v) is 13.2. The number of benzene rings is 1. The number of aromatic nitrogens is 2. The van der Waals surface area contributed by atoms with Gasteiger partial charge < -0.3 is 19.8 Å². The Hall–Kier alpha value is -1.60. The summed E-state index contributed by atoms with van der Waals surface area (Å²) in [5.74, 6) is 1.29. The fraction of sp³-hybridized carbons (Fsp3) is 0.385. The molecule has 20 heavy (non-hydrogen) atoms. The smallest absolute Gasteiger partial charge is 0.320 e. The van der Waals surface area contributed by atoms with Crippen LogP contribution in [0.15, 0.2) is 27.1 Å². The van der Waals surface area contributed by atoms with Crippen molar-refractivity contribution in [3.8, 4) is 5.75 Å². The van der Waals surface area contributed by atoms with Crippen LogP contribution in [-0.4, -0.2) is 23.3 Å². The third kappa shape index (κ3) is 3.94. The van der Waals surface area contributed by atoms with Crippen molar-refractivity contribution in [1.82, 2.24) is 15.5 Å². The minimum atomic E-state index is 0.347. The Labute approximate surface area is 126 Å². The number of halogens is 1. The molecule has 2 rings (SSSR count). The van der Waals surface area contributed by atoms with Crippen LogP contribution in [-0.2, 0) is 6.54 Å². The number of methoxy groups -OCH3 is 1. The number of nitrogens with one attached hydrogen (secondary N) is 2. The van der Waals surface area contributed by atoms with E-state index in [4.69, 9.17) is 9.15 Å². The van der Waals surface area contributed by atoms with Crippen LogP contribution >= 0.6 is 15.9 Å². The van der Waals surface area contributed by atoms with E-state index in [0.717, 1.165) is 15.9 Å². The normalized spacial score (nSPS) is 10.8. The Morgan fingerprint density at radius 3 is 2.85 bits per heavy atom. The van der Waals surface area contributed by atoms with Gasteiger partial charge in [-0.15, -0.1) is 5.10 Å². The molecule has 1 aromatic carbocycles. The SMILES string of the molecule is COc1ccc(Br)c(Nc2nnc(CNC(C)C)o2)c1. The lowest BCUT2D eigenvalue weighted by atomic mass is 10.3. The van der Waals surface area contributed by atoms with Crippen molar-refractivity contribution in [2.75, 3.05) is 12.4 Å². The van der Waals surface area contributed by atoms with Gasteiger partial charge in [0.15, 0.2) is 0 Å². The van der Waals surface area contributed by atoms with Crippen molar-refractivity contribution in [2.24, 2.45) is 0 Å². The summed E-state index contributed by atoms with van der Waals surface area (Å²) in [7, 11) is 1.62. The largest absolute Gasteiger partial charge is 0.497 e. The van der Waals surface area contributed by atoms with Crippen LogP contribution in [0.25, 0.3) is 0 Å². The Bertz CT molecular complexity index is 571. The quantitative estimate of drug-likeness (QED) is 0.841. The molecule has 0 unspecified atom stereocenters. The van der Waals surface area contributed by atoms with Gasteiger partial charge in [0.25, 0.3) is 0 Å². The summed E-state index contributed by atoms with van der Waals surface area (Å²) in [6.45, 7) is 4.66. The highest BCUT2D eigenvalue weighted by atomic mass is 79.9. The average molecular weight is 341 g/mol. The fourth-order valence-corrected chi connectivity index (χ4v) is 1.86. The molecule has 0 radical (unpaired) electrons. The maximum Gasteiger partial charge on any atom is 0.320 e. The number of anilines is 2. The molecule has 0 aliphatic heterocycles. The van der Waals surface area contributed by atoms with E-state index in [1.54, 1.807) is 7.11 Å². The monoisotopic (exact) mass is 340 g/mol. The number of hydrogen-bond acceptors (Lipinski definition) is 6. The second kappa shape index (κ2) is 6.71. The molecule has 2 aromatic rings. The predicted octanol–water partition coefficient (Wildman–Crippen LogP) is 3.08. The molecule has 108 valence electrons. The fourth-order valence-electron chi connectivity index (χ4n) is 1.51. The molecule has 0 aliphatic carbocycles. The van der Waals surface area contributed by atoms with Gasteiger partial charge in [0.05, 0.1) is 19.3 Å². The number of rotatable bonds is 6. The van der Waals surface area contributed by atoms with Crippen LogP contribution < -0.4 is 15.4 Å². The summed E-state index contributed by atoms with van der Waals surface area (Å²) in [6.07, 6.45) is 0. The van der Waals surface area contributed by atoms with Crippen LogP contribution in [0.5, 0.6) is 5.75 Å². The first-order valence-electron chi connectivity index (χ1n) is 6.25. The second-order valence-electron chi connectivity index (χ2n) is 4.51. The first kappa shape index (κ1) is 14.8. The van der Waals surface area contributed by atoms with Gasteiger partial charge in [0, 0.05) is 16.6 Å². The summed E-state index contributed by atoms with van der Waals surface area (Å²) < 4.78 is 11.6. The maximum absolute atomic E-state index is 5.51. The summed E-state index contributed by atoms with van der Waals surface area (Å²) in [6, 6.07) is 6.31. The van der Waals surface area contributed by atoms with Gasteiger partial charge in [-0.3, -0.25) is 0 Å². The van der Waals surface area contributed by atoms with Crippen molar-refractivity contribution in [3.63, 3.8) is 0 Å². The lowest BCUT2D eigenvalue weighted by molar-refractivity contribution is 0.415. The predicted molar refractivity (Wildman–Crippen MR) is 80.3 cm³/mol. The van der Waals surface area contributed by atoms with Crippen LogP contribution in [0.3, 0.4) is 0 Å². The zero-order valence-electron chi connectivity index (χ0n) is 11.6. The van der Waals surface area contributed by atoms with E-state index in [0.29, 0.717) is 24.5 Å². The average Bonchev–Trinajstić information content (AvgIpc) is 2.86. The minimum Gasteiger partial charge on any atom is -0.497 e. The molecule has 7 heteroatoms. The van der Waals surface area contributed by atoms with Gasteiger partial charge in [-0.1, -0.05) is 18.9 Å². The van der Waals surface area contributed by atoms with Crippen LogP contribution in [0.4, 0.5) is 11.7 Å². The summed E-state index contributed by atoms with van der Waals surface area (Å²) >= 11 is 3.45. The highest BCUT2D eigenvalue weighted by molar-refractivity contribution is 9.10. The Morgan fingerprint density at radius 2 is 2.15 bits per heavy atom. The topological polar surface area (TPSA) is 72.2 Å². The molecule has 0 bridgehead atoms. The molecular weight excluding hydrogens is 324 g/mol. The molecule has 2 N–H and O–H groups in total. The number of hydrogen-bond donors (Lipinski definition) is 2. The summed E-state index contributed by atoms with van der Waals surface area (Å²) in [4.78, 5) is 0. The van der Waals surface area contributed by atoms with Crippen molar-refractivity contribution < 1.29 is 9.15 Å². The van der Waals surface area contributed by atoms with Gasteiger partial charge in [0.1, 0.15) is 5.75 Å². The molecule has 0 spiro atoms. The molecule has 0 saturated carbocycles. The Kier molecular flexibility index (Phi) is 4.97. The molecular formula is C13H17BrN4O2. The van der Waals surface area contributed by atoms with Crippen LogP contribution in [0.2, 0.25) is 0 Å². The molecule has 1 aromatic heterocycles. The Morgan fingerprint density at radius 1 is 1.35 bits per heavy atom. The Balaban J connectivity index is 2.06. The molecule has 0 fully saturated rings. The van der Waals surface area contributed by atoms with Crippen molar-refractivity contribution >= 4 is 27.6 Å². The molecule has 0 saturated heterocycles. The van der Waals surface area contributed by atoms with E-state index in [-0.39, 0.29) is 0 Å². The highest BCUT2D eigenvalue weighted by Crippen LogP contribution is 2.29. The van der Waals surface area contributed by atoms with Crippen molar-refractivity contribution in [1.29, 1.82) is 0 Å². The second-order valence-corrected chi connectivity index (χ2v) is 5.36. The molecule has 0 amide bonds. The zero-order chi connectivity index (χ0) is 14.5. The number of nitrogens with zero attached hydrogens (tertiary/aromatic N) is 2. The summed E-state index contributed by atoms with van der Waals surface area (Å²) in [5.41, 5.74) is 0.802. The maximum atomic E-state index is 5.51. The van der Waals surface area contributed by atoms with E-state index in [1.807, 2.05) is 18.2 Å². The summed E-state index contributed by atoms with van der Waals surface area (Å²) in [5, 5.41) is 14.2. The standard InChI is InChI=1S/C13H17BrN4O2/c1-8(2)15-7-12-17-18-13(20-12)16-11-6-9(19-3)4-5-10(11)14/h4-6,8,15H,7H2,1-3H3,(H,16,18). The van der Waals surface area contributed by atoms with Gasteiger partial charge in [-0.25, -0.2) is 0 Å². The van der Waals surface area contributed by atoms with E-state index >= 15 is 0 Å². The van der Waals surface area contributed by atoms with Gasteiger partial charge in [0.2, 0.25) is 5.89 Å². The lowest BCUT2D eigenvalue weighted by Crippen LogP contribution is -2.21.